The summed E-state index contributed by atoms with van der Waals surface area (Å²) in [5, 5.41) is 13.7. The highest BCUT2D eigenvalue weighted by molar-refractivity contribution is 4.88. The van der Waals surface area contributed by atoms with Crippen LogP contribution in [0, 0.1) is 5.92 Å². The van der Waals surface area contributed by atoms with E-state index in [2.05, 4.69) is 24.2 Å². The molecule has 0 aromatic carbocycles. The molecule has 0 aromatic rings. The van der Waals surface area contributed by atoms with E-state index in [0.717, 1.165) is 12.8 Å². The van der Waals surface area contributed by atoms with Crippen molar-refractivity contribution in [3.63, 3.8) is 0 Å². The summed E-state index contributed by atoms with van der Waals surface area (Å²) in [4.78, 5) is 2.40. The van der Waals surface area contributed by atoms with Gasteiger partial charge in [0.1, 0.15) is 0 Å². The summed E-state index contributed by atoms with van der Waals surface area (Å²) in [5.74, 6) is 0.702. The van der Waals surface area contributed by atoms with Gasteiger partial charge in [-0.15, -0.1) is 0 Å². The number of nitrogens with one attached hydrogen (secondary N) is 1. The highest BCUT2D eigenvalue weighted by Gasteiger charge is 2.29. The molecule has 1 heterocycles. The topological polar surface area (TPSA) is 35.5 Å². The Bertz CT molecular complexity index is 222. The summed E-state index contributed by atoms with van der Waals surface area (Å²) < 4.78 is 0. The van der Waals surface area contributed by atoms with Crippen molar-refractivity contribution >= 4 is 0 Å². The molecule has 16 heavy (non-hydrogen) atoms. The van der Waals surface area contributed by atoms with E-state index < -0.39 is 0 Å². The molecule has 0 radical (unpaired) electrons. The van der Waals surface area contributed by atoms with E-state index in [4.69, 9.17) is 0 Å². The number of rotatable bonds is 2. The van der Waals surface area contributed by atoms with E-state index in [1.165, 1.54) is 32.4 Å². The summed E-state index contributed by atoms with van der Waals surface area (Å²) in [6.45, 7) is 4.69. The van der Waals surface area contributed by atoms with Crippen LogP contribution in [0.25, 0.3) is 0 Å². The van der Waals surface area contributed by atoms with Crippen molar-refractivity contribution in [3.8, 4) is 0 Å². The number of likely N-dealkylation sites (tertiary alicyclic amines) is 1. The summed E-state index contributed by atoms with van der Waals surface area (Å²) in [7, 11) is 2.20. The minimum absolute atomic E-state index is 0.111. The van der Waals surface area contributed by atoms with Crippen LogP contribution in [-0.2, 0) is 0 Å². The molecule has 3 heteroatoms. The molecule has 0 bridgehead atoms. The lowest BCUT2D eigenvalue weighted by molar-refractivity contribution is 0.0688. The number of hydrogen-bond acceptors (Lipinski definition) is 3. The molecular weight excluding hydrogens is 200 g/mol. The van der Waals surface area contributed by atoms with Gasteiger partial charge in [-0.3, -0.25) is 0 Å². The SMILES string of the molecule is CC1CN(C)CCC1N[C@H]1CCCC[C@@H]1O. The Balaban J connectivity index is 1.83. The standard InChI is InChI=1S/C13H26N2O/c1-10-9-15(2)8-7-11(10)14-12-5-3-4-6-13(12)16/h10-14,16H,3-9H2,1-2H3/t10?,11?,12-,13-/m0/s1. The molecule has 1 saturated heterocycles. The van der Waals surface area contributed by atoms with Crippen molar-refractivity contribution < 1.29 is 5.11 Å². The Morgan fingerprint density at radius 3 is 2.56 bits per heavy atom. The monoisotopic (exact) mass is 226 g/mol. The lowest BCUT2D eigenvalue weighted by Gasteiger charge is -2.39. The highest BCUT2D eigenvalue weighted by atomic mass is 16.3. The highest BCUT2D eigenvalue weighted by Crippen LogP contribution is 2.22. The minimum atomic E-state index is -0.111. The maximum atomic E-state index is 9.96. The van der Waals surface area contributed by atoms with Gasteiger partial charge in [0, 0.05) is 18.6 Å². The van der Waals surface area contributed by atoms with Crippen LogP contribution >= 0.6 is 0 Å². The molecule has 0 amide bonds. The number of aliphatic hydroxyl groups is 1. The fourth-order valence-corrected chi connectivity index (χ4v) is 3.18. The number of nitrogens with zero attached hydrogens (tertiary/aromatic N) is 1. The third-order valence-electron chi connectivity index (χ3n) is 4.27. The Kier molecular flexibility index (Phi) is 4.22. The predicted octanol–water partition coefficient (Wildman–Crippen LogP) is 1.22. The van der Waals surface area contributed by atoms with E-state index in [9.17, 15) is 5.11 Å². The van der Waals surface area contributed by atoms with Gasteiger partial charge >= 0.3 is 0 Å². The lowest BCUT2D eigenvalue weighted by Crippen LogP contribution is -2.53. The zero-order valence-electron chi connectivity index (χ0n) is 10.7. The Hall–Kier alpha value is -0.120. The molecule has 2 N–H and O–H groups in total. The maximum absolute atomic E-state index is 9.96. The first-order valence-corrected chi connectivity index (χ1v) is 6.79. The fourth-order valence-electron chi connectivity index (χ4n) is 3.18. The van der Waals surface area contributed by atoms with Crippen LogP contribution in [0.1, 0.15) is 39.0 Å². The number of piperidine rings is 1. The minimum Gasteiger partial charge on any atom is -0.392 e. The van der Waals surface area contributed by atoms with E-state index in [1.54, 1.807) is 0 Å². The van der Waals surface area contributed by atoms with Crippen LogP contribution < -0.4 is 5.32 Å². The third kappa shape index (κ3) is 2.96. The molecule has 1 aliphatic heterocycles. The average molecular weight is 226 g/mol. The molecule has 0 aromatic heterocycles. The Morgan fingerprint density at radius 2 is 1.88 bits per heavy atom. The van der Waals surface area contributed by atoms with Crippen LogP contribution in [0.15, 0.2) is 0 Å². The van der Waals surface area contributed by atoms with Crippen molar-refractivity contribution in [2.75, 3.05) is 20.1 Å². The third-order valence-corrected chi connectivity index (χ3v) is 4.27. The van der Waals surface area contributed by atoms with Gasteiger partial charge in [-0.25, -0.2) is 0 Å². The Labute approximate surface area is 99.2 Å². The zero-order chi connectivity index (χ0) is 11.5. The first kappa shape index (κ1) is 12.3. The van der Waals surface area contributed by atoms with Crippen molar-refractivity contribution in [1.29, 1.82) is 0 Å². The van der Waals surface area contributed by atoms with Crippen LogP contribution in [0.5, 0.6) is 0 Å². The fraction of sp³-hybridized carbons (Fsp3) is 1.00. The average Bonchev–Trinajstić information content (AvgIpc) is 2.25. The molecule has 2 unspecified atom stereocenters. The van der Waals surface area contributed by atoms with Gasteiger partial charge < -0.3 is 15.3 Å². The van der Waals surface area contributed by atoms with Crippen molar-refractivity contribution in [3.05, 3.63) is 0 Å². The molecule has 94 valence electrons. The summed E-state index contributed by atoms with van der Waals surface area (Å²) in [6, 6.07) is 0.957. The van der Waals surface area contributed by atoms with Gasteiger partial charge in [0.15, 0.2) is 0 Å². The molecule has 1 saturated carbocycles. The summed E-state index contributed by atoms with van der Waals surface area (Å²) in [6.07, 6.45) is 5.72. The van der Waals surface area contributed by atoms with E-state index in [0.29, 0.717) is 18.0 Å². The van der Waals surface area contributed by atoms with Crippen molar-refractivity contribution in [2.24, 2.45) is 5.92 Å². The zero-order valence-corrected chi connectivity index (χ0v) is 10.7. The first-order chi connectivity index (χ1) is 7.66. The van der Waals surface area contributed by atoms with E-state index >= 15 is 0 Å². The largest absolute Gasteiger partial charge is 0.392 e. The molecule has 2 rings (SSSR count). The second kappa shape index (κ2) is 5.48. The number of aliphatic hydroxyl groups excluding tert-OH is 1. The van der Waals surface area contributed by atoms with E-state index in [-0.39, 0.29) is 6.10 Å². The van der Waals surface area contributed by atoms with Gasteiger partial charge in [0.05, 0.1) is 6.10 Å². The van der Waals surface area contributed by atoms with Crippen molar-refractivity contribution in [2.45, 2.75) is 57.2 Å². The van der Waals surface area contributed by atoms with Gasteiger partial charge in [-0.2, -0.15) is 0 Å². The molecule has 3 nitrogen and oxygen atoms in total. The molecule has 2 fully saturated rings. The van der Waals surface area contributed by atoms with Crippen LogP contribution in [0.3, 0.4) is 0 Å². The maximum Gasteiger partial charge on any atom is 0.0693 e. The lowest BCUT2D eigenvalue weighted by atomic mass is 9.88. The van der Waals surface area contributed by atoms with Gasteiger partial charge in [-0.05, 0) is 38.8 Å². The number of hydrogen-bond donors (Lipinski definition) is 2. The molecule has 4 atom stereocenters. The normalized spacial score (nSPS) is 42.2. The van der Waals surface area contributed by atoms with Crippen LogP contribution in [0.4, 0.5) is 0 Å². The molecular formula is C13H26N2O. The molecule has 1 aliphatic carbocycles. The van der Waals surface area contributed by atoms with Crippen molar-refractivity contribution in [1.82, 2.24) is 10.2 Å². The van der Waals surface area contributed by atoms with Gasteiger partial charge in [0.2, 0.25) is 0 Å². The van der Waals surface area contributed by atoms with E-state index in [1.807, 2.05) is 0 Å². The van der Waals surface area contributed by atoms with Crippen LogP contribution in [0.2, 0.25) is 0 Å². The summed E-state index contributed by atoms with van der Waals surface area (Å²) in [5.41, 5.74) is 0. The smallest absolute Gasteiger partial charge is 0.0693 e. The quantitative estimate of drug-likeness (QED) is 0.743. The predicted molar refractivity (Wildman–Crippen MR) is 66.5 cm³/mol. The Morgan fingerprint density at radius 1 is 1.12 bits per heavy atom. The summed E-state index contributed by atoms with van der Waals surface area (Å²) >= 11 is 0. The molecule has 2 aliphatic rings. The second-order valence-electron chi connectivity index (χ2n) is 5.76. The molecule has 0 spiro atoms. The van der Waals surface area contributed by atoms with Gasteiger partial charge in [0.25, 0.3) is 0 Å². The van der Waals surface area contributed by atoms with Gasteiger partial charge in [-0.1, -0.05) is 19.8 Å². The van der Waals surface area contributed by atoms with Crippen LogP contribution in [-0.4, -0.2) is 48.3 Å². The first-order valence-electron chi connectivity index (χ1n) is 6.79. The second-order valence-corrected chi connectivity index (χ2v) is 5.76.